The molecule has 0 unspecified atom stereocenters. The Morgan fingerprint density at radius 3 is 2.70 bits per heavy atom. The number of amides is 1. The topological polar surface area (TPSA) is 80.0 Å². The second-order valence-electron chi connectivity index (χ2n) is 5.23. The molecule has 0 saturated heterocycles. The minimum Gasteiger partial charge on any atom is -0.360 e. The van der Waals surface area contributed by atoms with Crippen molar-refractivity contribution >= 4 is 23.1 Å². The molecule has 116 valence electrons. The number of aromatic nitrogens is 2. The van der Waals surface area contributed by atoms with Crippen LogP contribution in [0.5, 0.6) is 0 Å². The third kappa shape index (κ3) is 3.74. The molecule has 6 heteroatoms. The largest absolute Gasteiger partial charge is 0.360 e. The highest BCUT2D eigenvalue weighted by Crippen LogP contribution is 2.17. The van der Waals surface area contributed by atoms with Crippen molar-refractivity contribution in [3.05, 3.63) is 65.7 Å². The summed E-state index contributed by atoms with van der Waals surface area (Å²) in [5, 5.41) is 9.75. The van der Waals surface area contributed by atoms with Gasteiger partial charge < -0.3 is 15.2 Å². The number of anilines is 3. The fourth-order valence-corrected chi connectivity index (χ4v) is 2.13. The lowest BCUT2D eigenvalue weighted by Crippen LogP contribution is -2.12. The number of aryl methyl sites for hydroxylation is 2. The van der Waals surface area contributed by atoms with Gasteiger partial charge in [-0.1, -0.05) is 17.3 Å². The molecular weight excluding hydrogens is 292 g/mol. The zero-order valence-electron chi connectivity index (χ0n) is 12.8. The molecule has 0 radical (unpaired) electrons. The minimum atomic E-state index is -0.219. The van der Waals surface area contributed by atoms with Crippen LogP contribution in [-0.2, 0) is 0 Å². The molecule has 0 saturated carbocycles. The molecule has 0 atom stereocenters. The normalized spacial score (nSPS) is 10.3. The number of pyridine rings is 1. The quantitative estimate of drug-likeness (QED) is 0.768. The van der Waals surface area contributed by atoms with Crippen molar-refractivity contribution in [2.45, 2.75) is 13.8 Å². The molecule has 0 aliphatic rings. The number of carbonyl (C=O) groups is 1. The SMILES string of the molecule is Cc1cccc(NC(=O)c2cncc(Nc3cc(C)on3)c2)c1. The van der Waals surface area contributed by atoms with Gasteiger partial charge in [-0.15, -0.1) is 0 Å². The molecule has 0 fully saturated rings. The molecule has 0 aliphatic carbocycles. The summed E-state index contributed by atoms with van der Waals surface area (Å²) in [6.07, 6.45) is 3.14. The van der Waals surface area contributed by atoms with Gasteiger partial charge in [-0.3, -0.25) is 9.78 Å². The monoisotopic (exact) mass is 308 g/mol. The second-order valence-corrected chi connectivity index (χ2v) is 5.23. The Balaban J connectivity index is 1.75. The average Bonchev–Trinajstić information content (AvgIpc) is 2.92. The van der Waals surface area contributed by atoms with Crippen molar-refractivity contribution in [3.8, 4) is 0 Å². The number of nitrogens with one attached hydrogen (secondary N) is 2. The van der Waals surface area contributed by atoms with Crippen LogP contribution in [0.1, 0.15) is 21.7 Å². The molecule has 0 bridgehead atoms. The molecule has 1 aromatic carbocycles. The molecule has 2 aromatic heterocycles. The fourth-order valence-electron chi connectivity index (χ4n) is 2.13. The van der Waals surface area contributed by atoms with Gasteiger partial charge in [0.15, 0.2) is 5.82 Å². The van der Waals surface area contributed by atoms with Gasteiger partial charge in [-0.2, -0.15) is 0 Å². The molecule has 2 heterocycles. The first-order valence-electron chi connectivity index (χ1n) is 7.13. The zero-order valence-corrected chi connectivity index (χ0v) is 12.8. The maximum absolute atomic E-state index is 12.3. The maximum atomic E-state index is 12.3. The highest BCUT2D eigenvalue weighted by atomic mass is 16.5. The van der Waals surface area contributed by atoms with Gasteiger partial charge in [0, 0.05) is 18.0 Å². The molecule has 3 rings (SSSR count). The lowest BCUT2D eigenvalue weighted by molar-refractivity contribution is 0.102. The summed E-state index contributed by atoms with van der Waals surface area (Å²) in [6, 6.07) is 11.1. The number of hydrogen-bond acceptors (Lipinski definition) is 5. The number of rotatable bonds is 4. The Morgan fingerprint density at radius 2 is 1.96 bits per heavy atom. The van der Waals surface area contributed by atoms with Gasteiger partial charge in [-0.25, -0.2) is 0 Å². The Labute approximate surface area is 133 Å². The molecule has 2 N–H and O–H groups in total. The van der Waals surface area contributed by atoms with E-state index in [1.807, 2.05) is 38.1 Å². The Kier molecular flexibility index (Phi) is 4.05. The highest BCUT2D eigenvalue weighted by molar-refractivity contribution is 6.04. The van der Waals surface area contributed by atoms with Crippen molar-refractivity contribution in [3.63, 3.8) is 0 Å². The summed E-state index contributed by atoms with van der Waals surface area (Å²) in [6.45, 7) is 3.78. The summed E-state index contributed by atoms with van der Waals surface area (Å²) in [5.41, 5.74) is 2.95. The molecule has 0 aliphatic heterocycles. The molecule has 0 spiro atoms. The first-order chi connectivity index (χ1) is 11.1. The summed E-state index contributed by atoms with van der Waals surface area (Å²) < 4.78 is 4.99. The first kappa shape index (κ1) is 14.8. The summed E-state index contributed by atoms with van der Waals surface area (Å²) >= 11 is 0. The standard InChI is InChI=1S/C17H16N4O2/c1-11-4-3-5-14(6-11)20-17(22)13-8-15(10-18-9-13)19-16-7-12(2)23-21-16/h3-10H,1-2H3,(H,19,21)(H,20,22). The van der Waals surface area contributed by atoms with Crippen LogP contribution in [0.2, 0.25) is 0 Å². The van der Waals surface area contributed by atoms with E-state index in [1.54, 1.807) is 18.3 Å². The van der Waals surface area contributed by atoms with Crippen LogP contribution >= 0.6 is 0 Å². The highest BCUT2D eigenvalue weighted by Gasteiger charge is 2.09. The van der Waals surface area contributed by atoms with E-state index in [4.69, 9.17) is 4.52 Å². The van der Waals surface area contributed by atoms with Crippen molar-refractivity contribution in [2.24, 2.45) is 0 Å². The van der Waals surface area contributed by atoms with E-state index >= 15 is 0 Å². The molecule has 23 heavy (non-hydrogen) atoms. The van der Waals surface area contributed by atoms with Gasteiger partial charge in [0.25, 0.3) is 5.91 Å². The number of hydrogen-bond donors (Lipinski definition) is 2. The van der Waals surface area contributed by atoms with Crippen molar-refractivity contribution in [1.29, 1.82) is 0 Å². The van der Waals surface area contributed by atoms with Crippen molar-refractivity contribution in [2.75, 3.05) is 10.6 Å². The van der Waals surface area contributed by atoms with Gasteiger partial charge in [0.2, 0.25) is 0 Å². The van der Waals surface area contributed by atoms with Crippen molar-refractivity contribution < 1.29 is 9.32 Å². The van der Waals surface area contributed by atoms with Gasteiger partial charge >= 0.3 is 0 Å². The van der Waals surface area contributed by atoms with Crippen LogP contribution in [0.15, 0.2) is 53.3 Å². The smallest absolute Gasteiger partial charge is 0.257 e. The maximum Gasteiger partial charge on any atom is 0.257 e. The first-order valence-corrected chi connectivity index (χ1v) is 7.13. The summed E-state index contributed by atoms with van der Waals surface area (Å²) in [7, 11) is 0. The van der Waals surface area contributed by atoms with Crippen LogP contribution in [0, 0.1) is 13.8 Å². The van der Waals surface area contributed by atoms with Crippen LogP contribution < -0.4 is 10.6 Å². The van der Waals surface area contributed by atoms with E-state index in [2.05, 4.69) is 20.8 Å². The van der Waals surface area contributed by atoms with E-state index in [1.165, 1.54) is 6.20 Å². The molecular formula is C17H16N4O2. The van der Waals surface area contributed by atoms with E-state index in [-0.39, 0.29) is 5.91 Å². The van der Waals surface area contributed by atoms with Gasteiger partial charge in [-0.05, 0) is 37.6 Å². The second kappa shape index (κ2) is 6.31. The third-order valence-corrected chi connectivity index (χ3v) is 3.18. The molecule has 1 amide bonds. The predicted molar refractivity (Wildman–Crippen MR) is 87.9 cm³/mol. The van der Waals surface area contributed by atoms with Gasteiger partial charge in [0.1, 0.15) is 5.76 Å². The fraction of sp³-hybridized carbons (Fsp3) is 0.118. The van der Waals surface area contributed by atoms with E-state index in [0.717, 1.165) is 11.3 Å². The van der Waals surface area contributed by atoms with Crippen molar-refractivity contribution in [1.82, 2.24) is 10.1 Å². The van der Waals surface area contributed by atoms with Gasteiger partial charge in [0.05, 0.1) is 17.4 Å². The number of benzene rings is 1. The predicted octanol–water partition coefficient (Wildman–Crippen LogP) is 3.68. The van der Waals surface area contributed by atoms with Crippen LogP contribution in [0.3, 0.4) is 0 Å². The average molecular weight is 308 g/mol. The Hall–Kier alpha value is -3.15. The number of carbonyl (C=O) groups excluding carboxylic acids is 1. The summed E-state index contributed by atoms with van der Waals surface area (Å²) in [5.74, 6) is 1.05. The zero-order chi connectivity index (χ0) is 16.2. The summed E-state index contributed by atoms with van der Waals surface area (Å²) in [4.78, 5) is 16.4. The molecule has 6 nitrogen and oxygen atoms in total. The Bertz CT molecular complexity index is 842. The van der Waals surface area contributed by atoms with E-state index in [0.29, 0.717) is 22.8 Å². The number of nitrogens with zero attached hydrogens (tertiary/aromatic N) is 2. The minimum absolute atomic E-state index is 0.219. The lowest BCUT2D eigenvalue weighted by atomic mass is 10.2. The van der Waals surface area contributed by atoms with Crippen LogP contribution in [-0.4, -0.2) is 16.0 Å². The Morgan fingerprint density at radius 1 is 1.09 bits per heavy atom. The van der Waals surface area contributed by atoms with E-state index < -0.39 is 0 Å². The molecule has 3 aromatic rings. The third-order valence-electron chi connectivity index (χ3n) is 3.18. The van der Waals surface area contributed by atoms with Crippen LogP contribution in [0.4, 0.5) is 17.2 Å². The van der Waals surface area contributed by atoms with E-state index in [9.17, 15) is 4.79 Å². The lowest BCUT2D eigenvalue weighted by Gasteiger charge is -2.07. The van der Waals surface area contributed by atoms with Crippen LogP contribution in [0.25, 0.3) is 0 Å².